The van der Waals surface area contributed by atoms with Crippen LogP contribution in [0.1, 0.15) is 220 Å². The van der Waals surface area contributed by atoms with E-state index in [2.05, 4.69) is 76.3 Å². The summed E-state index contributed by atoms with van der Waals surface area (Å²) in [7, 11) is 0. The quantitative estimate of drug-likeness (QED) is 0.0360. The van der Waals surface area contributed by atoms with Crippen LogP contribution in [0.25, 0.3) is 0 Å². The molecule has 0 aromatic heterocycles. The molecule has 0 saturated heterocycles. The summed E-state index contributed by atoms with van der Waals surface area (Å²) in [5, 5.41) is 0. The molecule has 0 N–H and O–H groups in total. The topological polar surface area (TPSA) is 69.7 Å². The van der Waals surface area contributed by atoms with Crippen LogP contribution in [0.4, 0.5) is 4.79 Å². The minimum atomic E-state index is -0.871. The molecule has 2 atom stereocenters. The molecule has 0 aliphatic rings. The van der Waals surface area contributed by atoms with Crippen LogP contribution in [0, 0.1) is 0 Å². The summed E-state index contributed by atoms with van der Waals surface area (Å²) in [6.45, 7) is 8.60. The van der Waals surface area contributed by atoms with E-state index in [-0.39, 0.29) is 11.6 Å². The van der Waals surface area contributed by atoms with E-state index in [0.717, 1.165) is 103 Å². The Balaban J connectivity index is 4.37. The van der Waals surface area contributed by atoms with E-state index >= 15 is 0 Å². The Morgan fingerprint density at radius 3 is 1.04 bits per heavy atom. The first kappa shape index (κ1) is 49.6. The van der Waals surface area contributed by atoms with Crippen molar-refractivity contribution in [3.63, 3.8) is 0 Å². The molecular weight excluding hydrogens is 645 g/mol. The largest absolute Gasteiger partial charge is 0.509 e. The Kier molecular flexibility index (Phi) is 37.9. The number of Topliss-reactive ketones (excluding diaryl/α,β-unsaturated/α-hetero) is 2. The van der Waals surface area contributed by atoms with Crippen molar-refractivity contribution in [2.45, 2.75) is 233 Å². The number of ketones is 2. The predicted molar refractivity (Wildman–Crippen MR) is 223 cm³/mol. The van der Waals surface area contributed by atoms with Crippen LogP contribution < -0.4 is 0 Å². The second-order valence-electron chi connectivity index (χ2n) is 14.6. The highest BCUT2D eigenvalue weighted by Crippen LogP contribution is 2.17. The summed E-state index contributed by atoms with van der Waals surface area (Å²) in [6.07, 6.45) is 46.0. The SMILES string of the molecule is CCCCC/C=C\C/C=C\CCCCCCCC(=O)C(CCCC)OC(=O)OC(CCCC)C(=O)CCCCCCC/C=C\C/C=C\CCCCC. The van der Waals surface area contributed by atoms with Crippen molar-refractivity contribution in [3.05, 3.63) is 48.6 Å². The number of allylic oxidation sites excluding steroid dienone is 8. The molecular formula is C47H82O5. The lowest BCUT2D eigenvalue weighted by Gasteiger charge is -2.20. The van der Waals surface area contributed by atoms with Crippen LogP contribution in [0.2, 0.25) is 0 Å². The average molecular weight is 727 g/mol. The molecule has 0 spiro atoms. The molecule has 300 valence electrons. The smallest absolute Gasteiger partial charge is 0.423 e. The maximum absolute atomic E-state index is 13.1. The van der Waals surface area contributed by atoms with Gasteiger partial charge < -0.3 is 9.47 Å². The van der Waals surface area contributed by atoms with E-state index in [1.165, 1.54) is 64.2 Å². The van der Waals surface area contributed by atoms with Crippen molar-refractivity contribution < 1.29 is 23.9 Å². The number of hydrogen-bond acceptors (Lipinski definition) is 5. The lowest BCUT2D eigenvalue weighted by atomic mass is 10.0. The molecule has 52 heavy (non-hydrogen) atoms. The molecule has 0 aliphatic carbocycles. The molecule has 5 nitrogen and oxygen atoms in total. The maximum Gasteiger partial charge on any atom is 0.509 e. The van der Waals surface area contributed by atoms with Gasteiger partial charge in [0.15, 0.2) is 23.8 Å². The molecule has 5 heteroatoms. The zero-order valence-corrected chi connectivity index (χ0v) is 34.5. The van der Waals surface area contributed by atoms with Gasteiger partial charge in [-0.25, -0.2) is 4.79 Å². The molecule has 0 aromatic carbocycles. The highest BCUT2D eigenvalue weighted by atomic mass is 16.7. The summed E-state index contributed by atoms with van der Waals surface area (Å²) in [5.74, 6) is -0.0599. The van der Waals surface area contributed by atoms with Gasteiger partial charge in [0, 0.05) is 12.8 Å². The fourth-order valence-electron chi connectivity index (χ4n) is 6.15. The van der Waals surface area contributed by atoms with E-state index in [1.807, 2.05) is 0 Å². The second kappa shape index (κ2) is 39.8. The van der Waals surface area contributed by atoms with E-state index in [0.29, 0.717) is 25.7 Å². The number of unbranched alkanes of at least 4 members (excludes halogenated alkanes) is 18. The van der Waals surface area contributed by atoms with Crippen molar-refractivity contribution in [2.24, 2.45) is 0 Å². The monoisotopic (exact) mass is 727 g/mol. The summed E-state index contributed by atoms with van der Waals surface area (Å²) in [4.78, 5) is 39.0. The Bertz CT molecular complexity index is 871. The molecule has 0 aromatic rings. The van der Waals surface area contributed by atoms with Gasteiger partial charge in [-0.05, 0) is 103 Å². The van der Waals surface area contributed by atoms with Crippen LogP contribution in [0.5, 0.6) is 0 Å². The van der Waals surface area contributed by atoms with E-state index in [1.54, 1.807) is 0 Å². The summed E-state index contributed by atoms with van der Waals surface area (Å²) in [5.41, 5.74) is 0. The Labute approximate surface area is 321 Å². The Morgan fingerprint density at radius 2 is 0.692 bits per heavy atom. The number of rotatable bonds is 38. The van der Waals surface area contributed by atoms with Gasteiger partial charge in [-0.1, -0.05) is 153 Å². The van der Waals surface area contributed by atoms with Gasteiger partial charge in [0.05, 0.1) is 0 Å². The van der Waals surface area contributed by atoms with Gasteiger partial charge >= 0.3 is 6.16 Å². The first-order chi connectivity index (χ1) is 25.5. The zero-order chi connectivity index (χ0) is 38.2. The second-order valence-corrected chi connectivity index (χ2v) is 14.6. The standard InChI is InChI=1S/C47H82O5/c1-5-9-13-15-17-19-21-23-25-27-29-31-33-35-37-39-43(48)45(41-11-7-3)51-47(50)52-46(42-12-8-4)44(49)40-38-36-34-32-30-28-26-24-22-20-18-16-14-10-6-2/h17-20,23-26,45-46H,5-16,21-22,27-42H2,1-4H3/b19-17-,20-18-,25-23-,26-24-. The van der Waals surface area contributed by atoms with Gasteiger partial charge in [0.25, 0.3) is 0 Å². The lowest BCUT2D eigenvalue weighted by molar-refractivity contribution is -0.133. The minimum absolute atomic E-state index is 0.0300. The minimum Gasteiger partial charge on any atom is -0.423 e. The van der Waals surface area contributed by atoms with E-state index in [4.69, 9.17) is 9.47 Å². The molecule has 0 radical (unpaired) electrons. The van der Waals surface area contributed by atoms with Crippen molar-refractivity contribution in [1.29, 1.82) is 0 Å². The molecule has 0 rings (SSSR count). The Morgan fingerprint density at radius 1 is 0.385 bits per heavy atom. The lowest BCUT2D eigenvalue weighted by Crippen LogP contribution is -2.32. The highest BCUT2D eigenvalue weighted by Gasteiger charge is 2.27. The van der Waals surface area contributed by atoms with Gasteiger partial charge in [0.1, 0.15) is 0 Å². The van der Waals surface area contributed by atoms with Gasteiger partial charge in [-0.3, -0.25) is 9.59 Å². The van der Waals surface area contributed by atoms with Crippen LogP contribution in [-0.4, -0.2) is 29.9 Å². The van der Waals surface area contributed by atoms with Crippen LogP contribution in [0.3, 0.4) is 0 Å². The van der Waals surface area contributed by atoms with Gasteiger partial charge in [-0.2, -0.15) is 0 Å². The molecule has 0 aliphatic heterocycles. The number of ether oxygens (including phenoxy) is 2. The van der Waals surface area contributed by atoms with Crippen molar-refractivity contribution in [2.75, 3.05) is 0 Å². The maximum atomic E-state index is 13.1. The number of carbonyl (C=O) groups is 3. The third kappa shape index (κ3) is 33.4. The predicted octanol–water partition coefficient (Wildman–Crippen LogP) is 15.0. The van der Waals surface area contributed by atoms with Gasteiger partial charge in [-0.15, -0.1) is 0 Å². The summed E-state index contributed by atoms with van der Waals surface area (Å²) in [6, 6.07) is 0. The molecule has 0 saturated carbocycles. The van der Waals surface area contributed by atoms with Crippen molar-refractivity contribution in [1.82, 2.24) is 0 Å². The number of carbonyl (C=O) groups excluding carboxylic acids is 3. The van der Waals surface area contributed by atoms with E-state index < -0.39 is 18.4 Å². The molecule has 0 heterocycles. The summed E-state index contributed by atoms with van der Waals surface area (Å²) < 4.78 is 11.2. The average Bonchev–Trinajstić information content (AvgIpc) is 3.14. The molecule has 0 bridgehead atoms. The fraction of sp³-hybridized carbons (Fsp3) is 0.766. The molecule has 0 fully saturated rings. The van der Waals surface area contributed by atoms with Crippen LogP contribution in [-0.2, 0) is 19.1 Å². The normalized spacial score (nSPS) is 13.2. The first-order valence-electron chi connectivity index (χ1n) is 22.0. The van der Waals surface area contributed by atoms with Crippen LogP contribution >= 0.6 is 0 Å². The fourth-order valence-corrected chi connectivity index (χ4v) is 6.15. The van der Waals surface area contributed by atoms with Crippen molar-refractivity contribution in [3.8, 4) is 0 Å². The summed E-state index contributed by atoms with van der Waals surface area (Å²) >= 11 is 0. The Hall–Kier alpha value is -2.43. The number of hydrogen-bond donors (Lipinski definition) is 0. The first-order valence-corrected chi connectivity index (χ1v) is 22.0. The molecule has 0 amide bonds. The van der Waals surface area contributed by atoms with Crippen LogP contribution in [0.15, 0.2) is 48.6 Å². The zero-order valence-electron chi connectivity index (χ0n) is 34.5. The van der Waals surface area contributed by atoms with Crippen molar-refractivity contribution >= 4 is 17.7 Å². The third-order valence-corrected chi connectivity index (χ3v) is 9.58. The van der Waals surface area contributed by atoms with Gasteiger partial charge in [0.2, 0.25) is 0 Å². The molecule has 2 unspecified atom stereocenters. The third-order valence-electron chi connectivity index (χ3n) is 9.58. The van der Waals surface area contributed by atoms with E-state index in [9.17, 15) is 14.4 Å². The highest BCUT2D eigenvalue weighted by molar-refractivity contribution is 5.86.